The van der Waals surface area contributed by atoms with Crippen molar-refractivity contribution in [2.45, 2.75) is 218 Å². The van der Waals surface area contributed by atoms with Crippen LogP contribution in [0.2, 0.25) is 0 Å². The van der Waals surface area contributed by atoms with E-state index in [1.165, 1.54) is 0 Å². The van der Waals surface area contributed by atoms with Gasteiger partial charge in [0.05, 0.1) is 33.9 Å². The molecule has 1 aromatic rings. The van der Waals surface area contributed by atoms with E-state index < -0.39 is 71.9 Å². The van der Waals surface area contributed by atoms with Gasteiger partial charge in [-0.3, -0.25) is 0 Å². The minimum absolute atomic E-state index is 0.0626. The van der Waals surface area contributed by atoms with Crippen molar-refractivity contribution in [1.82, 2.24) is 0 Å². The summed E-state index contributed by atoms with van der Waals surface area (Å²) in [5, 5.41) is 0. The molecule has 12 saturated heterocycles. The predicted octanol–water partition coefficient (Wildman–Crippen LogP) is 9.69. The number of benzene rings is 1. The molecule has 18 heteroatoms. The fourth-order valence-corrected chi connectivity index (χ4v) is 17.7. The van der Waals surface area contributed by atoms with E-state index in [4.69, 9.17) is 81.4 Å². The summed E-state index contributed by atoms with van der Waals surface area (Å²) in [4.78, 5) is 37.3. The zero-order chi connectivity index (χ0) is 54.2. The first-order chi connectivity index (χ1) is 37.3. The third-order valence-corrected chi connectivity index (χ3v) is 22.1. The highest BCUT2D eigenvalue weighted by molar-refractivity contribution is 5.38. The van der Waals surface area contributed by atoms with Crippen LogP contribution >= 0.6 is 0 Å². The Morgan fingerprint density at radius 2 is 0.795 bits per heavy atom. The maximum Gasteiger partial charge on any atom is 0.201 e. The summed E-state index contributed by atoms with van der Waals surface area (Å²) >= 11 is 0. The molecule has 0 N–H and O–H groups in total. The number of ether oxygens (including phenoxy) is 11. The van der Waals surface area contributed by atoms with Crippen LogP contribution in [-0.4, -0.2) is 130 Å². The number of likely N-dealkylation sites (N-methyl/N-ethyl adjacent to an activating group) is 1. The molecule has 12 heterocycles. The van der Waals surface area contributed by atoms with Crippen LogP contribution in [0, 0.1) is 71.0 Å². The lowest BCUT2D eigenvalue weighted by Gasteiger charge is -2.60. The number of quaternary nitrogens is 1. The number of nitrogens with zero attached hydrogens (tertiary/aromatic N) is 1. The van der Waals surface area contributed by atoms with Gasteiger partial charge in [-0.1, -0.05) is 41.5 Å². The largest absolute Gasteiger partial charge is 0.491 e. The summed E-state index contributed by atoms with van der Waals surface area (Å²) < 4.78 is 73.6. The average Bonchev–Trinajstić information content (AvgIpc) is 3.52. The maximum absolute atomic E-state index is 6.78. The monoisotopic (exact) mass is 1100 g/mol. The molecule has 3 aliphatic carbocycles. The van der Waals surface area contributed by atoms with Gasteiger partial charge >= 0.3 is 0 Å². The molecule has 3 saturated carbocycles. The van der Waals surface area contributed by atoms with Gasteiger partial charge in [-0.2, -0.15) is 0 Å². The highest BCUT2D eigenvalue weighted by atomic mass is 17.3. The smallest absolute Gasteiger partial charge is 0.201 e. The third kappa shape index (κ3) is 9.25. The molecule has 438 valence electrons. The van der Waals surface area contributed by atoms with E-state index in [0.717, 1.165) is 89.2 Å². The van der Waals surface area contributed by atoms with Crippen LogP contribution in [0.3, 0.4) is 0 Å². The van der Waals surface area contributed by atoms with Gasteiger partial charge in [-0.05, 0) is 126 Å². The summed E-state index contributed by atoms with van der Waals surface area (Å²) in [6, 6.07) is 6.17. The molecule has 18 nitrogen and oxygen atoms in total. The molecule has 15 fully saturated rings. The Kier molecular flexibility index (Phi) is 14.5. The van der Waals surface area contributed by atoms with E-state index in [1.54, 1.807) is 0 Å². The normalized spacial score (nSPS) is 50.9. The second-order valence-electron chi connectivity index (χ2n) is 27.8. The SMILES string of the molecule is C[C@H]1[C@@H](OCCOc2cc(C[N+](C)(C)CCO[C@H]3O[C@@H]4O[C@]5(C)CC[C@H]6[C@H](C)CC[C@@H]([C@H]3C)[C@@]46OO5)cc(OCCO[C@H]3O[C@@H]4O[C@]5(C)CC[C@H]6[C@H](C)CC[C@@H]([C@H]3C)[C@@]46OO5)c2)O[C@@H]2O[C@]3(C)CC[C@H]4[C@H](C)CC[C@@H]1[C@@]24OO3. The predicted molar refractivity (Wildman–Crippen MR) is 276 cm³/mol. The van der Waals surface area contributed by atoms with E-state index in [1.807, 2.05) is 26.8 Å². The minimum Gasteiger partial charge on any atom is -0.491 e. The fourth-order valence-electron chi connectivity index (χ4n) is 17.7. The van der Waals surface area contributed by atoms with Crippen molar-refractivity contribution in [2.24, 2.45) is 71.0 Å². The van der Waals surface area contributed by atoms with Crippen molar-refractivity contribution in [3.05, 3.63) is 23.8 Å². The molecule has 16 rings (SSSR count). The van der Waals surface area contributed by atoms with Crippen molar-refractivity contribution in [3.8, 4) is 11.5 Å². The Balaban J connectivity index is 0.668. The van der Waals surface area contributed by atoms with Crippen LogP contribution < -0.4 is 9.47 Å². The molecule has 0 radical (unpaired) electrons. The van der Waals surface area contributed by atoms with Crippen molar-refractivity contribution in [2.75, 3.05) is 53.7 Å². The molecule has 0 unspecified atom stereocenters. The highest BCUT2D eigenvalue weighted by Gasteiger charge is 2.73. The Morgan fingerprint density at radius 3 is 1.17 bits per heavy atom. The van der Waals surface area contributed by atoms with E-state index in [0.29, 0.717) is 79.2 Å². The number of rotatable bonds is 16. The summed E-state index contributed by atoms with van der Waals surface area (Å²) in [6.07, 6.45) is 8.62. The molecule has 3 spiro atoms. The second kappa shape index (κ2) is 20.5. The summed E-state index contributed by atoms with van der Waals surface area (Å²) in [5.41, 5.74) is -0.850. The van der Waals surface area contributed by atoms with E-state index in [9.17, 15) is 0 Å². The van der Waals surface area contributed by atoms with E-state index in [-0.39, 0.29) is 47.3 Å². The summed E-state index contributed by atoms with van der Waals surface area (Å²) in [7, 11) is 4.45. The van der Waals surface area contributed by atoms with Crippen molar-refractivity contribution >= 4 is 0 Å². The van der Waals surface area contributed by atoms with Crippen LogP contribution in [0.5, 0.6) is 11.5 Å². The van der Waals surface area contributed by atoms with Gasteiger partial charge in [0.25, 0.3) is 0 Å². The molecular formula is C60H92NO17+. The first kappa shape index (κ1) is 55.4. The molecule has 15 aliphatic rings. The first-order valence-corrected chi connectivity index (χ1v) is 30.4. The van der Waals surface area contributed by atoms with Crippen LogP contribution in [0.15, 0.2) is 18.2 Å². The number of fused-ring (bicyclic) bond motifs is 6. The number of hydrogen-bond acceptors (Lipinski definition) is 17. The molecule has 0 amide bonds. The zero-order valence-electron chi connectivity index (χ0n) is 48.4. The average molecular weight is 1100 g/mol. The van der Waals surface area contributed by atoms with Gasteiger partial charge in [0.1, 0.15) is 37.8 Å². The highest BCUT2D eigenvalue weighted by Crippen LogP contribution is 2.64. The molecule has 78 heavy (non-hydrogen) atoms. The second-order valence-corrected chi connectivity index (χ2v) is 27.8. The molecule has 1 aromatic carbocycles. The Bertz CT molecular complexity index is 2230. The standard InChI is InChI=1S/C60H92NO17/c1-34-12-15-46-37(4)49(67-52-58(46)43(34)18-21-55(7,70-52)73-76-58)64-25-24-61(10,11)33-40-30-41(62-26-28-65-50-38(5)47-16-13-35(2)44-19-22-56(8)71-53(68-50)59(44,47)77-74-56)32-42(31-40)63-27-29-66-51-39(6)48-17-14-36(3)45-20-23-57(9)72-54(69-51)60(45,48)78-75-57/h30-32,34-39,43-54H,12-29,33H2,1-11H3/q+1/t34-,35-,36-,37-,38-,39-,43+,44+,45+,46+,47+,48+,49+,50+,51+,52-,53-,54-,55+,56+,57+,58-,59-,60-/m1/s1. The lowest BCUT2D eigenvalue weighted by molar-refractivity contribution is -0.904. The quantitative estimate of drug-likeness (QED) is 0.0875. The van der Waals surface area contributed by atoms with Crippen molar-refractivity contribution in [1.29, 1.82) is 0 Å². The summed E-state index contributed by atoms with van der Waals surface area (Å²) in [5.74, 6) is 1.97. The molecule has 0 aromatic heterocycles. The topological polar surface area (TPSA) is 157 Å². The molecule has 12 aliphatic heterocycles. The Hall–Kier alpha value is -1.82. The van der Waals surface area contributed by atoms with Gasteiger partial charge in [0.15, 0.2) is 54.5 Å². The Morgan fingerprint density at radius 1 is 0.436 bits per heavy atom. The van der Waals surface area contributed by atoms with Gasteiger partial charge in [0.2, 0.25) is 17.4 Å². The molecule has 24 atom stereocenters. The Labute approximate surface area is 462 Å². The molecular weight excluding hydrogens is 1010 g/mol. The maximum atomic E-state index is 6.78. The van der Waals surface area contributed by atoms with Crippen molar-refractivity contribution < 1.29 is 85.9 Å². The van der Waals surface area contributed by atoms with Crippen LogP contribution in [-0.2, 0) is 78.5 Å². The van der Waals surface area contributed by atoms with Crippen LogP contribution in [0.25, 0.3) is 0 Å². The lowest BCUT2D eigenvalue weighted by Crippen LogP contribution is -2.70. The van der Waals surface area contributed by atoms with Crippen LogP contribution in [0.1, 0.15) is 145 Å². The van der Waals surface area contributed by atoms with Crippen LogP contribution in [0.4, 0.5) is 0 Å². The molecule has 6 bridgehead atoms. The van der Waals surface area contributed by atoms with Gasteiger partial charge in [-0.25, -0.2) is 29.3 Å². The minimum atomic E-state index is -0.849. The third-order valence-electron chi connectivity index (χ3n) is 22.1. The van der Waals surface area contributed by atoms with E-state index >= 15 is 0 Å². The number of hydrogen-bond donors (Lipinski definition) is 0. The summed E-state index contributed by atoms with van der Waals surface area (Å²) in [6.45, 7) is 22.7. The van der Waals surface area contributed by atoms with Gasteiger partial charge in [-0.15, -0.1) is 0 Å². The van der Waals surface area contributed by atoms with Crippen molar-refractivity contribution in [3.63, 3.8) is 0 Å². The lowest BCUT2D eigenvalue weighted by atomic mass is 9.58. The zero-order valence-corrected chi connectivity index (χ0v) is 48.4. The van der Waals surface area contributed by atoms with Gasteiger partial charge < -0.3 is 56.6 Å². The van der Waals surface area contributed by atoms with Gasteiger partial charge in [0, 0.05) is 66.4 Å². The van der Waals surface area contributed by atoms with E-state index in [2.05, 4.69) is 67.8 Å². The first-order valence-electron chi connectivity index (χ1n) is 30.4. The fraction of sp³-hybridized carbons (Fsp3) is 0.900.